The molecule has 1 spiro atoms. The number of fused-ring (bicyclic) bond motifs is 2. The number of carbonyl (C=O) groups is 2. The molecule has 0 aliphatic carbocycles. The third-order valence-electron chi connectivity index (χ3n) is 6.38. The minimum atomic E-state index is -0.554. The van der Waals surface area contributed by atoms with E-state index in [-0.39, 0.29) is 11.8 Å². The zero-order valence-corrected chi connectivity index (χ0v) is 18.0. The molecule has 2 fully saturated rings. The number of hydrogen-bond acceptors (Lipinski definition) is 6. The molecule has 3 aliphatic rings. The van der Waals surface area contributed by atoms with Crippen molar-refractivity contribution in [2.24, 2.45) is 0 Å². The SMILES string of the molecule is O=C(/C=C/c1cnc2c(c1)C1(CCOCC1)C(=O)N2)N1CCC(=Cc2cscn2)CC1. The highest BCUT2D eigenvalue weighted by Crippen LogP contribution is 2.43. The van der Waals surface area contributed by atoms with Crippen LogP contribution in [0.4, 0.5) is 5.82 Å². The first kappa shape index (κ1) is 20.1. The van der Waals surface area contributed by atoms with E-state index in [1.807, 2.05) is 21.9 Å². The number of thiazole rings is 1. The van der Waals surface area contributed by atoms with Crippen LogP contribution in [0.5, 0.6) is 0 Å². The molecule has 0 bridgehead atoms. The lowest BCUT2D eigenvalue weighted by Gasteiger charge is -2.31. The number of nitrogens with one attached hydrogen (secondary N) is 1. The van der Waals surface area contributed by atoms with Crippen LogP contribution in [-0.4, -0.2) is 53.0 Å². The predicted octanol–water partition coefficient (Wildman–Crippen LogP) is 3.26. The zero-order valence-electron chi connectivity index (χ0n) is 17.2. The number of carbonyl (C=O) groups excluding carboxylic acids is 2. The molecule has 3 aliphatic heterocycles. The molecular formula is C23H24N4O3S. The van der Waals surface area contributed by atoms with Crippen molar-refractivity contribution < 1.29 is 14.3 Å². The molecule has 1 N–H and O–H groups in total. The zero-order chi connectivity index (χ0) is 21.3. The number of pyridine rings is 1. The fourth-order valence-corrected chi connectivity index (χ4v) is 5.05. The fourth-order valence-electron chi connectivity index (χ4n) is 4.54. The van der Waals surface area contributed by atoms with E-state index in [0.29, 0.717) is 45.0 Å². The van der Waals surface area contributed by atoms with Gasteiger partial charge in [-0.15, -0.1) is 11.3 Å². The number of rotatable bonds is 3. The second kappa shape index (κ2) is 8.36. The van der Waals surface area contributed by atoms with Crippen LogP contribution in [0.1, 0.15) is 42.5 Å². The first-order chi connectivity index (χ1) is 15.1. The van der Waals surface area contributed by atoms with E-state index in [0.717, 1.165) is 29.7 Å². The lowest BCUT2D eigenvalue weighted by atomic mass is 9.75. The van der Waals surface area contributed by atoms with Crippen molar-refractivity contribution in [3.8, 4) is 0 Å². The van der Waals surface area contributed by atoms with Gasteiger partial charge in [0.25, 0.3) is 0 Å². The Kier molecular flexibility index (Phi) is 5.41. The highest BCUT2D eigenvalue weighted by atomic mass is 32.1. The van der Waals surface area contributed by atoms with Crippen molar-refractivity contribution in [1.29, 1.82) is 0 Å². The van der Waals surface area contributed by atoms with Gasteiger partial charge in [0.05, 0.1) is 16.6 Å². The molecule has 0 unspecified atom stereocenters. The third-order valence-corrected chi connectivity index (χ3v) is 6.98. The lowest BCUT2D eigenvalue weighted by molar-refractivity contribution is -0.126. The number of amides is 2. The maximum absolute atomic E-state index is 12.7. The highest BCUT2D eigenvalue weighted by molar-refractivity contribution is 7.07. The summed E-state index contributed by atoms with van der Waals surface area (Å²) >= 11 is 1.59. The normalized spacial score (nSPS) is 20.2. The average molecular weight is 437 g/mol. The first-order valence-corrected chi connectivity index (χ1v) is 11.5. The largest absolute Gasteiger partial charge is 0.381 e. The van der Waals surface area contributed by atoms with Crippen LogP contribution in [0.15, 0.2) is 34.8 Å². The molecule has 0 radical (unpaired) electrons. The molecule has 160 valence electrons. The molecule has 2 amide bonds. The van der Waals surface area contributed by atoms with Gasteiger partial charge in [-0.05, 0) is 49.5 Å². The molecule has 7 nitrogen and oxygen atoms in total. The second-order valence-electron chi connectivity index (χ2n) is 8.19. The average Bonchev–Trinajstić information content (AvgIpc) is 3.40. The Labute approximate surface area is 184 Å². The van der Waals surface area contributed by atoms with Gasteiger partial charge < -0.3 is 15.0 Å². The van der Waals surface area contributed by atoms with Crippen molar-refractivity contribution >= 4 is 41.1 Å². The quantitative estimate of drug-likeness (QED) is 0.747. The minimum Gasteiger partial charge on any atom is -0.381 e. The summed E-state index contributed by atoms with van der Waals surface area (Å²) in [5, 5.41) is 4.94. The van der Waals surface area contributed by atoms with Gasteiger partial charge in [0.2, 0.25) is 11.8 Å². The summed E-state index contributed by atoms with van der Waals surface area (Å²) in [4.78, 5) is 35.9. The Morgan fingerprint density at radius 2 is 2.03 bits per heavy atom. The van der Waals surface area contributed by atoms with E-state index in [4.69, 9.17) is 4.74 Å². The maximum Gasteiger partial charge on any atom is 0.246 e. The molecule has 5 rings (SSSR count). The fraction of sp³-hybridized carbons (Fsp3) is 0.391. The molecule has 0 saturated carbocycles. The van der Waals surface area contributed by atoms with Crippen LogP contribution in [-0.2, 0) is 19.7 Å². The van der Waals surface area contributed by atoms with E-state index < -0.39 is 5.41 Å². The van der Waals surface area contributed by atoms with Crippen LogP contribution in [0.3, 0.4) is 0 Å². The smallest absolute Gasteiger partial charge is 0.246 e. The molecule has 2 saturated heterocycles. The van der Waals surface area contributed by atoms with Gasteiger partial charge in [0, 0.05) is 49.5 Å². The van der Waals surface area contributed by atoms with Gasteiger partial charge in [-0.3, -0.25) is 9.59 Å². The van der Waals surface area contributed by atoms with E-state index in [1.165, 1.54) is 5.57 Å². The summed E-state index contributed by atoms with van der Waals surface area (Å²) in [5.74, 6) is 0.638. The van der Waals surface area contributed by atoms with Crippen molar-refractivity contribution in [3.05, 3.63) is 51.6 Å². The van der Waals surface area contributed by atoms with Gasteiger partial charge in [0.15, 0.2) is 0 Å². The van der Waals surface area contributed by atoms with Crippen LogP contribution in [0, 0.1) is 0 Å². The van der Waals surface area contributed by atoms with Crippen LogP contribution in [0.2, 0.25) is 0 Å². The lowest BCUT2D eigenvalue weighted by Crippen LogP contribution is -2.40. The maximum atomic E-state index is 12.7. The number of anilines is 1. The summed E-state index contributed by atoms with van der Waals surface area (Å²) in [7, 11) is 0. The number of ether oxygens (including phenoxy) is 1. The Morgan fingerprint density at radius 1 is 1.23 bits per heavy atom. The van der Waals surface area contributed by atoms with Crippen molar-refractivity contribution in [3.63, 3.8) is 0 Å². The monoisotopic (exact) mass is 436 g/mol. The third kappa shape index (κ3) is 3.93. The second-order valence-corrected chi connectivity index (χ2v) is 8.91. The highest BCUT2D eigenvalue weighted by Gasteiger charge is 2.48. The van der Waals surface area contributed by atoms with Crippen molar-refractivity contribution in [2.45, 2.75) is 31.1 Å². The Balaban J connectivity index is 1.25. The predicted molar refractivity (Wildman–Crippen MR) is 120 cm³/mol. The molecular weight excluding hydrogens is 412 g/mol. The summed E-state index contributed by atoms with van der Waals surface area (Å²) < 4.78 is 5.46. The Hall–Kier alpha value is -2.84. The number of hydrogen-bond donors (Lipinski definition) is 1. The van der Waals surface area contributed by atoms with E-state index in [2.05, 4.69) is 21.4 Å². The molecule has 8 heteroatoms. The number of piperidine rings is 1. The number of aromatic nitrogens is 2. The number of likely N-dealkylation sites (tertiary alicyclic amines) is 1. The van der Waals surface area contributed by atoms with E-state index in [1.54, 1.807) is 29.7 Å². The molecule has 0 aromatic carbocycles. The molecule has 5 heterocycles. The summed E-state index contributed by atoms with van der Waals surface area (Å²) in [6.45, 7) is 2.56. The summed E-state index contributed by atoms with van der Waals surface area (Å²) in [6.07, 6.45) is 10.3. The van der Waals surface area contributed by atoms with Crippen LogP contribution >= 0.6 is 11.3 Å². The molecule has 2 aromatic rings. The van der Waals surface area contributed by atoms with Gasteiger partial charge in [-0.25, -0.2) is 9.97 Å². The first-order valence-electron chi connectivity index (χ1n) is 10.6. The van der Waals surface area contributed by atoms with Crippen molar-refractivity contribution in [1.82, 2.24) is 14.9 Å². The van der Waals surface area contributed by atoms with Crippen molar-refractivity contribution in [2.75, 3.05) is 31.6 Å². The Morgan fingerprint density at radius 3 is 2.77 bits per heavy atom. The van der Waals surface area contributed by atoms with Gasteiger partial charge in [-0.2, -0.15) is 0 Å². The van der Waals surface area contributed by atoms with Gasteiger partial charge in [-0.1, -0.05) is 5.57 Å². The topological polar surface area (TPSA) is 84.4 Å². The standard InChI is InChI=1S/C23H24N4O3S/c28-20(27-7-3-16(4-8-27)11-18-14-31-15-25-18)2-1-17-12-19-21(24-13-17)26-22(29)23(19)5-9-30-10-6-23/h1-2,11-15H,3-10H2,(H,24,26,29)/b2-1+. The van der Waals surface area contributed by atoms with Gasteiger partial charge >= 0.3 is 0 Å². The van der Waals surface area contributed by atoms with E-state index in [9.17, 15) is 9.59 Å². The molecule has 31 heavy (non-hydrogen) atoms. The summed E-state index contributed by atoms with van der Waals surface area (Å²) in [5.41, 5.74) is 5.36. The van der Waals surface area contributed by atoms with Gasteiger partial charge in [0.1, 0.15) is 5.82 Å². The summed E-state index contributed by atoms with van der Waals surface area (Å²) in [6, 6.07) is 1.99. The minimum absolute atomic E-state index is 0.00295. The molecule has 0 atom stereocenters. The number of nitrogens with zero attached hydrogens (tertiary/aromatic N) is 3. The van der Waals surface area contributed by atoms with Crippen LogP contribution < -0.4 is 5.32 Å². The molecule has 2 aromatic heterocycles. The van der Waals surface area contributed by atoms with E-state index >= 15 is 0 Å². The van der Waals surface area contributed by atoms with Crippen LogP contribution in [0.25, 0.3) is 12.2 Å². The Bertz CT molecular complexity index is 1040.